The van der Waals surface area contributed by atoms with Crippen molar-refractivity contribution in [3.63, 3.8) is 0 Å². The molecule has 0 radical (unpaired) electrons. The number of hydrogen-bond acceptors (Lipinski definition) is 2. The summed E-state index contributed by atoms with van der Waals surface area (Å²) in [5, 5.41) is 6.26. The summed E-state index contributed by atoms with van der Waals surface area (Å²) < 4.78 is 6.09. The van der Waals surface area contributed by atoms with Gasteiger partial charge in [-0.25, -0.2) is 0 Å². The van der Waals surface area contributed by atoms with Crippen LogP contribution in [0.3, 0.4) is 0 Å². The Morgan fingerprint density at radius 3 is 3.09 bits per heavy atom. The Labute approximate surface area is 139 Å². The molecule has 4 nitrogen and oxygen atoms in total. The fourth-order valence-corrected chi connectivity index (χ4v) is 2.84. The van der Waals surface area contributed by atoms with Crippen LogP contribution in [0.4, 0.5) is 0 Å². The molecule has 1 aliphatic rings. The maximum absolute atomic E-state index is 6.09. The Kier molecular flexibility index (Phi) is 7.48. The Balaban J connectivity index is 1.74. The first-order valence-corrected chi connectivity index (χ1v) is 8.50. The molecule has 0 spiro atoms. The number of rotatable bonds is 7. The van der Waals surface area contributed by atoms with Crippen LogP contribution in [0.5, 0.6) is 0 Å². The molecule has 0 amide bonds. The summed E-state index contributed by atoms with van der Waals surface area (Å²) in [5.74, 6) is 3.33. The molecule has 0 aliphatic heterocycles. The summed E-state index contributed by atoms with van der Waals surface area (Å²) in [6.07, 6.45) is 9.91. The molecule has 0 fully saturated rings. The van der Waals surface area contributed by atoms with E-state index < -0.39 is 0 Å². The second kappa shape index (κ2) is 9.91. The third-order valence-electron chi connectivity index (χ3n) is 3.91. The first-order valence-electron chi connectivity index (χ1n) is 8.50. The quantitative estimate of drug-likeness (QED) is 0.352. The number of aryl methyl sites for hydroxylation is 1. The van der Waals surface area contributed by atoms with E-state index in [2.05, 4.69) is 45.8 Å². The molecule has 1 aliphatic carbocycles. The van der Waals surface area contributed by atoms with Gasteiger partial charge in [0.1, 0.15) is 0 Å². The first kappa shape index (κ1) is 17.4. The summed E-state index contributed by atoms with van der Waals surface area (Å²) in [4.78, 5) is 4.50. The summed E-state index contributed by atoms with van der Waals surface area (Å²) in [5.41, 5.74) is 2.81. The minimum atomic E-state index is 0.247. The van der Waals surface area contributed by atoms with E-state index >= 15 is 0 Å². The van der Waals surface area contributed by atoms with Crippen molar-refractivity contribution in [1.29, 1.82) is 0 Å². The highest BCUT2D eigenvalue weighted by atomic mass is 16.5. The van der Waals surface area contributed by atoms with Crippen LogP contribution >= 0.6 is 0 Å². The van der Waals surface area contributed by atoms with Crippen LogP contribution in [0.2, 0.25) is 0 Å². The fourth-order valence-electron chi connectivity index (χ4n) is 2.84. The Bertz CT molecular complexity index is 548. The number of terminal acetylenes is 1. The predicted octanol–water partition coefficient (Wildman–Crippen LogP) is 2.66. The molecule has 2 rings (SSSR count). The number of hydrogen-bond donors (Lipinski definition) is 2. The smallest absolute Gasteiger partial charge is 0.192 e. The van der Waals surface area contributed by atoms with Crippen molar-refractivity contribution in [1.82, 2.24) is 10.6 Å². The zero-order valence-electron chi connectivity index (χ0n) is 14.0. The lowest BCUT2D eigenvalue weighted by atomic mass is 9.89. The van der Waals surface area contributed by atoms with Gasteiger partial charge in [-0.2, -0.15) is 0 Å². The molecule has 2 N–H and O–H groups in total. The predicted molar refractivity (Wildman–Crippen MR) is 95.5 cm³/mol. The Morgan fingerprint density at radius 2 is 2.26 bits per heavy atom. The maximum Gasteiger partial charge on any atom is 0.192 e. The molecule has 0 saturated heterocycles. The van der Waals surface area contributed by atoms with Crippen molar-refractivity contribution in [2.24, 2.45) is 4.99 Å². The van der Waals surface area contributed by atoms with Crippen molar-refractivity contribution < 1.29 is 4.74 Å². The van der Waals surface area contributed by atoms with E-state index in [-0.39, 0.29) is 6.10 Å². The standard InChI is InChI=1S/C19H27N3O/c1-3-13-21-19(20-4-2)22-14-8-15-23-18-12-7-10-16-9-5-6-11-17(16)18/h1,5-6,9,11,18H,4,7-8,10,12-15H2,2H3,(H2,20,21,22). The van der Waals surface area contributed by atoms with E-state index in [9.17, 15) is 0 Å². The third kappa shape index (κ3) is 5.61. The molecular weight excluding hydrogens is 286 g/mol. The van der Waals surface area contributed by atoms with Gasteiger partial charge in [-0.15, -0.1) is 6.42 Å². The van der Waals surface area contributed by atoms with Crippen LogP contribution in [-0.2, 0) is 11.2 Å². The number of aliphatic imine (C=N–C) groups is 1. The van der Waals surface area contributed by atoms with E-state index in [1.807, 2.05) is 6.92 Å². The van der Waals surface area contributed by atoms with Crippen molar-refractivity contribution in [2.75, 3.05) is 26.2 Å². The van der Waals surface area contributed by atoms with Gasteiger partial charge in [-0.3, -0.25) is 4.99 Å². The number of ether oxygens (including phenoxy) is 1. The first-order chi connectivity index (χ1) is 11.3. The minimum absolute atomic E-state index is 0.247. The van der Waals surface area contributed by atoms with Crippen LogP contribution < -0.4 is 10.6 Å². The van der Waals surface area contributed by atoms with Crippen LogP contribution in [0.15, 0.2) is 29.3 Å². The molecule has 0 saturated carbocycles. The molecule has 1 unspecified atom stereocenters. The Morgan fingerprint density at radius 1 is 1.39 bits per heavy atom. The second-order valence-electron chi connectivity index (χ2n) is 5.62. The van der Waals surface area contributed by atoms with Gasteiger partial charge in [0.2, 0.25) is 0 Å². The van der Waals surface area contributed by atoms with Gasteiger partial charge in [-0.1, -0.05) is 30.2 Å². The zero-order valence-corrected chi connectivity index (χ0v) is 14.0. The summed E-state index contributed by atoms with van der Waals surface area (Å²) in [6.45, 7) is 4.81. The van der Waals surface area contributed by atoms with Crippen LogP contribution in [0.1, 0.15) is 43.4 Å². The average molecular weight is 313 g/mol. The fraction of sp³-hybridized carbons (Fsp3) is 0.526. The number of nitrogens with zero attached hydrogens (tertiary/aromatic N) is 1. The van der Waals surface area contributed by atoms with Gasteiger partial charge in [0.25, 0.3) is 0 Å². The minimum Gasteiger partial charge on any atom is -0.373 e. The van der Waals surface area contributed by atoms with Gasteiger partial charge in [-0.05, 0) is 43.7 Å². The van der Waals surface area contributed by atoms with Crippen LogP contribution in [-0.4, -0.2) is 32.2 Å². The highest BCUT2D eigenvalue weighted by Gasteiger charge is 2.19. The highest BCUT2D eigenvalue weighted by Crippen LogP contribution is 2.32. The van der Waals surface area contributed by atoms with Crippen molar-refractivity contribution in [3.05, 3.63) is 35.4 Å². The van der Waals surface area contributed by atoms with Gasteiger partial charge < -0.3 is 15.4 Å². The highest BCUT2D eigenvalue weighted by molar-refractivity contribution is 5.79. The SMILES string of the molecule is C#CCNC(=NCCCOC1CCCc2ccccc21)NCC. The van der Waals surface area contributed by atoms with Crippen molar-refractivity contribution >= 4 is 5.96 Å². The maximum atomic E-state index is 6.09. The molecule has 23 heavy (non-hydrogen) atoms. The molecule has 1 aromatic carbocycles. The lowest BCUT2D eigenvalue weighted by molar-refractivity contribution is 0.0403. The summed E-state index contributed by atoms with van der Waals surface area (Å²) in [7, 11) is 0. The second-order valence-corrected chi connectivity index (χ2v) is 5.62. The molecule has 1 aromatic rings. The molecule has 4 heteroatoms. The summed E-state index contributed by atoms with van der Waals surface area (Å²) >= 11 is 0. The topological polar surface area (TPSA) is 45.7 Å². The normalized spacial score (nSPS) is 17.2. The van der Waals surface area contributed by atoms with E-state index in [4.69, 9.17) is 11.2 Å². The number of guanidine groups is 1. The third-order valence-corrected chi connectivity index (χ3v) is 3.91. The molecule has 0 aromatic heterocycles. The van der Waals surface area contributed by atoms with Gasteiger partial charge in [0, 0.05) is 19.7 Å². The van der Waals surface area contributed by atoms with Crippen LogP contribution in [0.25, 0.3) is 0 Å². The van der Waals surface area contributed by atoms with Gasteiger partial charge >= 0.3 is 0 Å². The van der Waals surface area contributed by atoms with E-state index in [0.29, 0.717) is 6.54 Å². The monoisotopic (exact) mass is 313 g/mol. The molecule has 0 heterocycles. The zero-order chi connectivity index (χ0) is 16.3. The number of fused-ring (bicyclic) bond motifs is 1. The van der Waals surface area contributed by atoms with E-state index in [1.165, 1.54) is 24.0 Å². The molecule has 1 atom stereocenters. The van der Waals surface area contributed by atoms with Crippen LogP contribution in [0, 0.1) is 12.3 Å². The molecular formula is C19H27N3O. The molecule has 124 valence electrons. The average Bonchev–Trinajstić information content (AvgIpc) is 2.59. The van der Waals surface area contributed by atoms with Crippen molar-refractivity contribution in [2.45, 2.75) is 38.7 Å². The number of benzene rings is 1. The molecule has 0 bridgehead atoms. The van der Waals surface area contributed by atoms with Gasteiger partial charge in [0.15, 0.2) is 5.96 Å². The lowest BCUT2D eigenvalue weighted by Crippen LogP contribution is -2.37. The van der Waals surface area contributed by atoms with Gasteiger partial charge in [0.05, 0.1) is 12.6 Å². The largest absolute Gasteiger partial charge is 0.373 e. The number of nitrogens with one attached hydrogen (secondary N) is 2. The lowest BCUT2D eigenvalue weighted by Gasteiger charge is -2.25. The Hall–Kier alpha value is -1.99. The van der Waals surface area contributed by atoms with Crippen molar-refractivity contribution in [3.8, 4) is 12.3 Å². The van der Waals surface area contributed by atoms with E-state index in [0.717, 1.165) is 38.5 Å². The summed E-state index contributed by atoms with van der Waals surface area (Å²) in [6, 6.07) is 8.63. The van der Waals surface area contributed by atoms with E-state index in [1.54, 1.807) is 0 Å².